The van der Waals surface area contributed by atoms with Crippen LogP contribution in [0.2, 0.25) is 0 Å². The average molecular weight is 400 g/mol. The second-order valence-corrected chi connectivity index (χ2v) is 8.99. The van der Waals surface area contributed by atoms with Crippen molar-refractivity contribution in [3.63, 3.8) is 0 Å². The minimum absolute atomic E-state index is 0.429. The normalized spacial score (nSPS) is 13.3. The second kappa shape index (κ2) is 12.2. The number of carbonyl (C=O) groups excluding carboxylic acids is 2. The van der Waals surface area contributed by atoms with E-state index in [0.717, 1.165) is 22.8 Å². The van der Waals surface area contributed by atoms with Gasteiger partial charge in [-0.15, -0.1) is 11.8 Å². The van der Waals surface area contributed by atoms with Gasteiger partial charge in [-0.25, -0.2) is 0 Å². The van der Waals surface area contributed by atoms with Crippen LogP contribution in [0.5, 0.6) is 0 Å². The first kappa shape index (κ1) is 22.8. The van der Waals surface area contributed by atoms with Crippen LogP contribution in [-0.2, 0) is 4.79 Å². The van der Waals surface area contributed by atoms with Crippen molar-refractivity contribution >= 4 is 35.3 Å². The van der Waals surface area contributed by atoms with Gasteiger partial charge in [0.05, 0.1) is 0 Å². The summed E-state index contributed by atoms with van der Waals surface area (Å²) in [6.07, 6.45) is 0.234. The molecule has 0 saturated heterocycles. The van der Waals surface area contributed by atoms with E-state index in [1.165, 1.54) is 0 Å². The van der Waals surface area contributed by atoms with Gasteiger partial charge in [0.1, 0.15) is 6.10 Å². The van der Waals surface area contributed by atoms with Crippen LogP contribution < -0.4 is 16.6 Å². The number of rotatable bonds is 10. The van der Waals surface area contributed by atoms with Crippen molar-refractivity contribution in [3.05, 3.63) is 29.8 Å². The molecule has 1 aromatic carbocycles. The van der Waals surface area contributed by atoms with Crippen LogP contribution in [0.25, 0.3) is 0 Å². The molecular formula is C18H29N3O3S2. The first-order valence-corrected chi connectivity index (χ1v) is 10.8. The molecule has 1 unspecified atom stereocenters. The molecule has 0 fully saturated rings. The summed E-state index contributed by atoms with van der Waals surface area (Å²) in [5.74, 6) is 0.630. The first-order valence-electron chi connectivity index (χ1n) is 8.73. The Morgan fingerprint density at radius 3 is 2.38 bits per heavy atom. The zero-order valence-electron chi connectivity index (χ0n) is 15.5. The number of amides is 2. The summed E-state index contributed by atoms with van der Waals surface area (Å²) in [6.45, 7) is 6.26. The maximum Gasteiger partial charge on any atom is 0.269 e. The fourth-order valence-corrected chi connectivity index (χ4v) is 3.63. The van der Waals surface area contributed by atoms with Crippen LogP contribution in [0.4, 0.5) is 0 Å². The predicted molar refractivity (Wildman–Crippen MR) is 109 cm³/mol. The molecule has 8 heteroatoms. The van der Waals surface area contributed by atoms with Crippen LogP contribution in [0.1, 0.15) is 44.0 Å². The smallest absolute Gasteiger partial charge is 0.269 e. The van der Waals surface area contributed by atoms with Gasteiger partial charge >= 0.3 is 0 Å². The lowest BCUT2D eigenvalue weighted by Gasteiger charge is -2.18. The number of carbonyl (C=O) groups is 2. The number of hydrogen-bond acceptors (Lipinski definition) is 6. The van der Waals surface area contributed by atoms with Crippen molar-refractivity contribution in [2.24, 2.45) is 5.73 Å². The molecule has 0 aliphatic heterocycles. The van der Waals surface area contributed by atoms with Crippen LogP contribution in [0.3, 0.4) is 0 Å². The Balaban J connectivity index is 2.41. The molecule has 5 N–H and O–H groups in total. The number of hydrogen-bond donors (Lipinski definition) is 4. The molecule has 2 amide bonds. The molecule has 0 bridgehead atoms. The number of benzene rings is 1. The molecule has 1 rings (SSSR count). The minimum Gasteiger partial charge on any atom is -0.382 e. The fraction of sp³-hybridized carbons (Fsp3) is 0.556. The highest BCUT2D eigenvalue weighted by molar-refractivity contribution is 7.99. The molecule has 2 atom stereocenters. The van der Waals surface area contributed by atoms with Gasteiger partial charge in [0.25, 0.3) is 11.8 Å². The molecule has 0 radical (unpaired) electrons. The van der Waals surface area contributed by atoms with Crippen molar-refractivity contribution < 1.29 is 14.7 Å². The summed E-state index contributed by atoms with van der Waals surface area (Å²) in [6, 6.07) is 6.46. The molecule has 0 aliphatic rings. The Morgan fingerprint density at radius 1 is 1.15 bits per heavy atom. The van der Waals surface area contributed by atoms with Crippen LogP contribution in [0.15, 0.2) is 29.2 Å². The van der Waals surface area contributed by atoms with Gasteiger partial charge in [-0.3, -0.25) is 20.4 Å². The van der Waals surface area contributed by atoms with Crippen molar-refractivity contribution in [2.75, 3.05) is 11.5 Å². The van der Waals surface area contributed by atoms with E-state index < -0.39 is 24.0 Å². The SMILES string of the molecule is CCCSc1ccc(C(=O)NNC(=O)C(O)[C@H](N)CCSC(C)C)cc1. The van der Waals surface area contributed by atoms with E-state index in [9.17, 15) is 14.7 Å². The molecule has 26 heavy (non-hydrogen) atoms. The minimum atomic E-state index is -1.36. The maximum absolute atomic E-state index is 12.1. The number of hydrazine groups is 1. The van der Waals surface area contributed by atoms with Gasteiger partial charge in [-0.1, -0.05) is 20.8 Å². The summed E-state index contributed by atoms with van der Waals surface area (Å²) in [5.41, 5.74) is 10.8. The van der Waals surface area contributed by atoms with E-state index in [-0.39, 0.29) is 0 Å². The number of thioether (sulfide) groups is 2. The Bertz CT molecular complexity index is 567. The Morgan fingerprint density at radius 2 is 1.81 bits per heavy atom. The highest BCUT2D eigenvalue weighted by Gasteiger charge is 2.23. The first-order chi connectivity index (χ1) is 12.3. The van der Waals surface area contributed by atoms with Crippen LogP contribution in [-0.4, -0.2) is 45.8 Å². The molecular weight excluding hydrogens is 370 g/mol. The molecule has 146 valence electrons. The largest absolute Gasteiger partial charge is 0.382 e. The number of nitrogens with two attached hydrogens (primary N) is 1. The number of nitrogens with one attached hydrogen (secondary N) is 2. The summed E-state index contributed by atoms with van der Waals surface area (Å²) >= 11 is 3.44. The van der Waals surface area contributed by atoms with Gasteiger partial charge in [-0.05, 0) is 53.9 Å². The Labute approximate surface area is 164 Å². The zero-order valence-corrected chi connectivity index (χ0v) is 17.2. The number of aliphatic hydroxyl groups excluding tert-OH is 1. The van der Waals surface area contributed by atoms with Gasteiger partial charge in [0, 0.05) is 16.5 Å². The standard InChI is InChI=1S/C18H29N3O3S2/c1-4-10-26-14-7-5-13(6-8-14)17(23)20-21-18(24)16(22)15(19)9-11-25-12(2)3/h5-8,12,15-16,22H,4,9-11,19H2,1-3H3,(H,20,23)(H,21,24)/t15-,16?/m1/s1. The van der Waals surface area contributed by atoms with E-state index in [1.807, 2.05) is 12.1 Å². The molecule has 0 saturated carbocycles. The molecule has 0 aliphatic carbocycles. The quantitative estimate of drug-likeness (QED) is 0.355. The summed E-state index contributed by atoms with van der Waals surface area (Å²) in [7, 11) is 0. The van der Waals surface area contributed by atoms with E-state index in [2.05, 4.69) is 31.6 Å². The van der Waals surface area contributed by atoms with E-state index in [0.29, 0.717) is 17.2 Å². The molecule has 0 spiro atoms. The zero-order chi connectivity index (χ0) is 19.5. The number of aliphatic hydroxyl groups is 1. The van der Waals surface area contributed by atoms with E-state index in [4.69, 9.17) is 5.73 Å². The van der Waals surface area contributed by atoms with Gasteiger partial charge < -0.3 is 10.8 Å². The van der Waals surface area contributed by atoms with Gasteiger partial charge in [0.15, 0.2) is 0 Å². The van der Waals surface area contributed by atoms with Gasteiger partial charge in [0.2, 0.25) is 0 Å². The van der Waals surface area contributed by atoms with E-state index >= 15 is 0 Å². The average Bonchev–Trinajstić information content (AvgIpc) is 2.63. The van der Waals surface area contributed by atoms with Crippen molar-refractivity contribution in [1.82, 2.24) is 10.9 Å². The maximum atomic E-state index is 12.1. The molecule has 6 nitrogen and oxygen atoms in total. The molecule has 0 aromatic heterocycles. The molecule has 1 aromatic rings. The lowest BCUT2D eigenvalue weighted by Crippen LogP contribution is -2.52. The highest BCUT2D eigenvalue weighted by atomic mass is 32.2. The second-order valence-electron chi connectivity index (χ2n) is 6.13. The third-order valence-corrected chi connectivity index (χ3v) is 5.82. The van der Waals surface area contributed by atoms with Crippen LogP contribution >= 0.6 is 23.5 Å². The fourth-order valence-electron chi connectivity index (χ4n) is 1.98. The third-order valence-electron chi connectivity index (χ3n) is 3.47. The highest BCUT2D eigenvalue weighted by Crippen LogP contribution is 2.19. The predicted octanol–water partition coefficient (Wildman–Crippen LogP) is 2.17. The van der Waals surface area contributed by atoms with E-state index in [1.54, 1.807) is 35.7 Å². The van der Waals surface area contributed by atoms with Crippen molar-refractivity contribution in [2.45, 2.75) is 55.9 Å². The third kappa shape index (κ3) is 8.44. The topological polar surface area (TPSA) is 104 Å². The summed E-state index contributed by atoms with van der Waals surface area (Å²) in [5, 5.41) is 10.4. The monoisotopic (exact) mass is 399 g/mol. The Hall–Kier alpha value is -1.22. The van der Waals surface area contributed by atoms with Crippen molar-refractivity contribution in [1.29, 1.82) is 0 Å². The van der Waals surface area contributed by atoms with Crippen molar-refractivity contribution in [3.8, 4) is 0 Å². The summed E-state index contributed by atoms with van der Waals surface area (Å²) < 4.78 is 0. The lowest BCUT2D eigenvalue weighted by atomic mass is 10.1. The summed E-state index contributed by atoms with van der Waals surface area (Å²) in [4.78, 5) is 25.1. The van der Waals surface area contributed by atoms with Crippen LogP contribution in [0, 0.1) is 0 Å². The Kier molecular flexibility index (Phi) is 10.7. The van der Waals surface area contributed by atoms with Gasteiger partial charge in [-0.2, -0.15) is 11.8 Å². The molecule has 0 heterocycles. The lowest BCUT2D eigenvalue weighted by molar-refractivity contribution is -0.131.